The first-order valence-electron chi connectivity index (χ1n) is 11.5. The molecule has 8 heteroatoms. The molecule has 2 fully saturated rings. The second-order valence-corrected chi connectivity index (χ2v) is 10.8. The van der Waals surface area contributed by atoms with Crippen LogP contribution < -0.4 is 4.90 Å². The van der Waals surface area contributed by atoms with E-state index in [1.807, 2.05) is 24.4 Å². The molecule has 0 radical (unpaired) electrons. The van der Waals surface area contributed by atoms with E-state index in [1.54, 1.807) is 11.3 Å². The number of aryl methyl sites for hydroxylation is 1. The van der Waals surface area contributed by atoms with Gasteiger partial charge in [0, 0.05) is 58.3 Å². The molecule has 170 valence electrons. The number of hydrogen-bond acceptors (Lipinski definition) is 6. The van der Waals surface area contributed by atoms with Gasteiger partial charge in [0.15, 0.2) is 0 Å². The number of aliphatic hydroxyl groups is 1. The predicted molar refractivity (Wildman–Crippen MR) is 130 cm³/mol. The predicted octanol–water partition coefficient (Wildman–Crippen LogP) is 4.54. The zero-order chi connectivity index (χ0) is 22.7. The van der Waals surface area contributed by atoms with Gasteiger partial charge in [-0.25, -0.2) is 0 Å². The van der Waals surface area contributed by atoms with E-state index in [9.17, 15) is 14.7 Å². The van der Waals surface area contributed by atoms with Crippen LogP contribution in [0.3, 0.4) is 0 Å². The molecule has 1 N–H and O–H groups in total. The van der Waals surface area contributed by atoms with Crippen molar-refractivity contribution in [2.45, 2.75) is 57.2 Å². The van der Waals surface area contributed by atoms with Gasteiger partial charge in [-0.15, -0.1) is 11.3 Å². The summed E-state index contributed by atoms with van der Waals surface area (Å²) in [5, 5.41) is 10.6. The molecule has 1 aliphatic carbocycles. The van der Waals surface area contributed by atoms with Crippen LogP contribution in [-0.4, -0.2) is 45.5 Å². The van der Waals surface area contributed by atoms with Crippen molar-refractivity contribution in [3.63, 3.8) is 0 Å². The van der Waals surface area contributed by atoms with E-state index in [1.165, 1.54) is 16.2 Å². The Morgan fingerprint density at radius 1 is 1.09 bits per heavy atom. The van der Waals surface area contributed by atoms with E-state index in [-0.39, 0.29) is 17.9 Å². The van der Waals surface area contributed by atoms with Crippen molar-refractivity contribution in [3.05, 3.63) is 45.9 Å². The van der Waals surface area contributed by atoms with Crippen LogP contribution in [0, 0.1) is 0 Å². The molecule has 3 aromatic rings. The van der Waals surface area contributed by atoms with Crippen molar-refractivity contribution in [2.75, 3.05) is 11.4 Å². The maximum atomic E-state index is 12.1. The number of carbonyl (C=O) groups is 2. The molecule has 0 unspecified atom stereocenters. The number of fused-ring (bicyclic) bond motifs is 2. The molecule has 6 rings (SSSR count). The summed E-state index contributed by atoms with van der Waals surface area (Å²) in [5.74, 6) is -0.208. The molecular weight excluding hydrogens is 458 g/mol. The van der Waals surface area contributed by atoms with Gasteiger partial charge in [-0.2, -0.15) is 0 Å². The average Bonchev–Trinajstić information content (AvgIpc) is 3.33. The van der Waals surface area contributed by atoms with Gasteiger partial charge in [0.1, 0.15) is 0 Å². The lowest BCUT2D eigenvalue weighted by atomic mass is 9.84. The number of aliphatic hydroxyl groups excluding tert-OH is 1. The molecule has 1 saturated heterocycles. The summed E-state index contributed by atoms with van der Waals surface area (Å²) < 4.78 is 1.04. The van der Waals surface area contributed by atoms with Gasteiger partial charge in [0.25, 0.3) is 0 Å². The van der Waals surface area contributed by atoms with Gasteiger partial charge in [-0.1, -0.05) is 11.6 Å². The van der Waals surface area contributed by atoms with Crippen molar-refractivity contribution in [3.8, 4) is 11.1 Å². The van der Waals surface area contributed by atoms with Crippen LogP contribution in [0.25, 0.3) is 21.3 Å². The topological polar surface area (TPSA) is 73.7 Å². The first kappa shape index (κ1) is 21.1. The molecule has 2 amide bonds. The standard InChI is InChI=1S/C25H24ClN3O3S/c26-15-8-14-2-1-7-28(16-10-17(30)11-16)24(14)20(9-15)19-5-6-27-21-12-18(33-25(19)21)13-29-22(31)3-4-23(29)32/h5-6,8-9,12,16-17,30H,1-4,7,10-11,13H2/t16-,17+. The highest BCUT2D eigenvalue weighted by Gasteiger charge is 2.36. The first-order chi connectivity index (χ1) is 16.0. The Morgan fingerprint density at radius 3 is 2.64 bits per heavy atom. The number of hydrogen-bond donors (Lipinski definition) is 1. The monoisotopic (exact) mass is 481 g/mol. The Morgan fingerprint density at radius 2 is 1.88 bits per heavy atom. The average molecular weight is 482 g/mol. The molecule has 6 nitrogen and oxygen atoms in total. The SMILES string of the molecule is O=C1CCC(=O)N1Cc1cc2nccc(-c3cc(Cl)cc4c3N([C@H]3C[C@@H](O)C3)CCC4)c2s1. The summed E-state index contributed by atoms with van der Waals surface area (Å²) in [7, 11) is 0. The number of imide groups is 1. The van der Waals surface area contributed by atoms with E-state index in [0.29, 0.717) is 30.5 Å². The lowest BCUT2D eigenvalue weighted by molar-refractivity contribution is -0.138. The quantitative estimate of drug-likeness (QED) is 0.554. The number of pyridine rings is 1. The highest BCUT2D eigenvalue weighted by atomic mass is 35.5. The molecular formula is C25H24ClN3O3S. The molecule has 3 aliphatic rings. The van der Waals surface area contributed by atoms with Crippen molar-refractivity contribution in [2.24, 2.45) is 0 Å². The fourth-order valence-electron chi connectivity index (χ4n) is 5.35. The zero-order valence-electron chi connectivity index (χ0n) is 18.1. The Bertz CT molecular complexity index is 1270. The number of aromatic nitrogens is 1. The third kappa shape index (κ3) is 3.63. The smallest absolute Gasteiger partial charge is 0.230 e. The summed E-state index contributed by atoms with van der Waals surface area (Å²) in [6.07, 6.45) is 5.86. The molecule has 4 heterocycles. The molecule has 1 saturated carbocycles. The van der Waals surface area contributed by atoms with Crippen LogP contribution in [0.1, 0.15) is 42.5 Å². The van der Waals surface area contributed by atoms with E-state index in [0.717, 1.165) is 58.4 Å². The van der Waals surface area contributed by atoms with Crippen molar-refractivity contribution in [1.82, 2.24) is 9.88 Å². The van der Waals surface area contributed by atoms with E-state index >= 15 is 0 Å². The Hall–Kier alpha value is -2.48. The molecule has 0 atom stereocenters. The second-order valence-electron chi connectivity index (χ2n) is 9.20. The fourth-order valence-corrected chi connectivity index (χ4v) is 6.73. The lowest BCUT2D eigenvalue weighted by Gasteiger charge is -2.45. The van der Waals surface area contributed by atoms with Crippen LogP contribution in [-0.2, 0) is 22.6 Å². The van der Waals surface area contributed by atoms with Crippen LogP contribution >= 0.6 is 22.9 Å². The summed E-state index contributed by atoms with van der Waals surface area (Å²) >= 11 is 8.17. The van der Waals surface area contributed by atoms with Crippen LogP contribution in [0.4, 0.5) is 5.69 Å². The van der Waals surface area contributed by atoms with E-state index in [2.05, 4.69) is 16.0 Å². The van der Waals surface area contributed by atoms with E-state index in [4.69, 9.17) is 11.6 Å². The maximum Gasteiger partial charge on any atom is 0.230 e. The second kappa shape index (κ2) is 8.08. The highest BCUT2D eigenvalue weighted by Crippen LogP contribution is 2.46. The van der Waals surface area contributed by atoms with E-state index < -0.39 is 0 Å². The zero-order valence-corrected chi connectivity index (χ0v) is 19.7. The van der Waals surface area contributed by atoms with Crippen LogP contribution in [0.2, 0.25) is 5.02 Å². The molecule has 33 heavy (non-hydrogen) atoms. The molecule has 2 aliphatic heterocycles. The first-order valence-corrected chi connectivity index (χ1v) is 12.7. The molecule has 2 aromatic heterocycles. The summed E-state index contributed by atoms with van der Waals surface area (Å²) in [5.41, 5.74) is 5.49. The van der Waals surface area contributed by atoms with Crippen molar-refractivity contribution in [1.29, 1.82) is 0 Å². The minimum atomic E-state index is -0.209. The van der Waals surface area contributed by atoms with Gasteiger partial charge in [-0.05, 0) is 55.5 Å². The Kier molecular flexibility index (Phi) is 5.16. The minimum absolute atomic E-state index is 0.104. The Labute approximate surface area is 200 Å². The maximum absolute atomic E-state index is 12.1. The normalized spacial score (nSPS) is 22.7. The third-order valence-corrected chi connectivity index (χ3v) is 8.40. The number of benzene rings is 1. The largest absolute Gasteiger partial charge is 0.393 e. The minimum Gasteiger partial charge on any atom is -0.393 e. The van der Waals surface area contributed by atoms with Gasteiger partial charge in [-0.3, -0.25) is 19.5 Å². The summed E-state index contributed by atoms with van der Waals surface area (Å²) in [4.78, 5) is 33.5. The third-order valence-electron chi connectivity index (χ3n) is 7.04. The number of carbonyl (C=O) groups excluding carboxylic acids is 2. The van der Waals surface area contributed by atoms with Crippen LogP contribution in [0.15, 0.2) is 30.5 Å². The van der Waals surface area contributed by atoms with Crippen molar-refractivity contribution >= 4 is 50.7 Å². The number of rotatable bonds is 4. The number of nitrogens with zero attached hydrogens (tertiary/aromatic N) is 3. The summed E-state index contributed by atoms with van der Waals surface area (Å²) in [6.45, 7) is 1.28. The lowest BCUT2D eigenvalue weighted by Crippen LogP contribution is -2.49. The van der Waals surface area contributed by atoms with Gasteiger partial charge < -0.3 is 10.0 Å². The molecule has 1 aromatic carbocycles. The summed E-state index contributed by atoms with van der Waals surface area (Å²) in [6, 6.07) is 8.48. The van der Waals surface area contributed by atoms with Gasteiger partial charge >= 0.3 is 0 Å². The number of thiophene rings is 1. The van der Waals surface area contributed by atoms with Gasteiger partial charge in [0.2, 0.25) is 11.8 Å². The van der Waals surface area contributed by atoms with Crippen molar-refractivity contribution < 1.29 is 14.7 Å². The number of amides is 2. The highest BCUT2D eigenvalue weighted by molar-refractivity contribution is 7.19. The number of halogens is 1. The number of likely N-dealkylation sites (tertiary alicyclic amines) is 1. The van der Waals surface area contributed by atoms with Crippen LogP contribution in [0.5, 0.6) is 0 Å². The Balaban J connectivity index is 1.45. The molecule has 0 spiro atoms. The van der Waals surface area contributed by atoms with Gasteiger partial charge in [0.05, 0.1) is 22.9 Å². The molecule has 0 bridgehead atoms. The fraction of sp³-hybridized carbons (Fsp3) is 0.400. The number of anilines is 1.